The van der Waals surface area contributed by atoms with Crippen molar-refractivity contribution in [1.29, 1.82) is 0 Å². The molecule has 1 amide bonds. The van der Waals surface area contributed by atoms with Crippen molar-refractivity contribution < 1.29 is 4.79 Å². The number of benzene rings is 1. The summed E-state index contributed by atoms with van der Waals surface area (Å²) in [5.41, 5.74) is 1.43. The van der Waals surface area contributed by atoms with E-state index < -0.39 is 0 Å². The van der Waals surface area contributed by atoms with Crippen LogP contribution in [-0.2, 0) is 11.3 Å². The van der Waals surface area contributed by atoms with Crippen LogP contribution in [0, 0.1) is 11.8 Å². The van der Waals surface area contributed by atoms with Crippen molar-refractivity contribution in [3.05, 3.63) is 35.9 Å². The summed E-state index contributed by atoms with van der Waals surface area (Å²) in [5, 5.41) is 3.84. The van der Waals surface area contributed by atoms with E-state index in [4.69, 9.17) is 0 Å². The largest absolute Gasteiger partial charge is 0.343 e. The van der Waals surface area contributed by atoms with Crippen LogP contribution in [0.25, 0.3) is 0 Å². The maximum Gasteiger partial charge on any atom is 0.222 e. The zero-order valence-electron chi connectivity index (χ0n) is 20.5. The van der Waals surface area contributed by atoms with E-state index >= 15 is 0 Å². The second-order valence-electron chi connectivity index (χ2n) is 11.2. The standard InChI is InChI=1S/C28H44N4O/c33-28(32-16-12-26(13-17-32)31-14-5-2-6-15-31)11-7-10-27-25-18-24(19-29-27)21-30(22-25)20-23-8-3-1-4-9-23/h1,3-4,8-9,24-27,29H,2,5-7,10-22H2/t24-,25-,27+/m0/s1. The molecule has 4 aliphatic rings. The summed E-state index contributed by atoms with van der Waals surface area (Å²) >= 11 is 0. The molecule has 4 heterocycles. The summed E-state index contributed by atoms with van der Waals surface area (Å²) in [7, 11) is 0. The van der Waals surface area contributed by atoms with Gasteiger partial charge in [0.25, 0.3) is 0 Å². The SMILES string of the molecule is O=C(CCC[C@H]1NC[C@@H]2C[C@H]1CN(Cc1ccccc1)C2)N1CCC(N2CCCCC2)CC1. The number of hydrogen-bond donors (Lipinski definition) is 1. The van der Waals surface area contributed by atoms with Crippen LogP contribution < -0.4 is 5.32 Å². The number of rotatable bonds is 7. The Balaban J connectivity index is 1.03. The quantitative estimate of drug-likeness (QED) is 0.684. The van der Waals surface area contributed by atoms with E-state index in [1.807, 2.05) is 0 Å². The van der Waals surface area contributed by atoms with Gasteiger partial charge in [-0.3, -0.25) is 9.69 Å². The fraction of sp³-hybridized carbons (Fsp3) is 0.750. The molecular weight excluding hydrogens is 408 g/mol. The Morgan fingerprint density at radius 2 is 1.76 bits per heavy atom. The highest BCUT2D eigenvalue weighted by Crippen LogP contribution is 2.31. The monoisotopic (exact) mass is 452 g/mol. The molecule has 4 saturated heterocycles. The van der Waals surface area contributed by atoms with Crippen molar-refractivity contribution in [3.8, 4) is 0 Å². The first kappa shape index (κ1) is 23.3. The number of piperidine rings is 4. The number of amides is 1. The number of hydrogen-bond acceptors (Lipinski definition) is 4. The molecule has 0 unspecified atom stereocenters. The number of fused-ring (bicyclic) bond motifs is 2. The first-order chi connectivity index (χ1) is 16.2. The average molecular weight is 453 g/mol. The summed E-state index contributed by atoms with van der Waals surface area (Å²) in [6.07, 6.45) is 10.7. The molecule has 1 aromatic rings. The summed E-state index contributed by atoms with van der Waals surface area (Å²) in [4.78, 5) is 20.4. The minimum absolute atomic E-state index is 0.398. The zero-order chi connectivity index (χ0) is 22.5. The van der Waals surface area contributed by atoms with Crippen LogP contribution in [-0.4, -0.2) is 78.5 Å². The minimum Gasteiger partial charge on any atom is -0.343 e. The lowest BCUT2D eigenvalue weighted by molar-refractivity contribution is -0.133. The van der Waals surface area contributed by atoms with Crippen LogP contribution in [0.4, 0.5) is 0 Å². The molecule has 1 N–H and O–H groups in total. The number of likely N-dealkylation sites (tertiary alicyclic amines) is 3. The molecule has 182 valence electrons. The van der Waals surface area contributed by atoms with Crippen molar-refractivity contribution in [2.75, 3.05) is 45.8 Å². The van der Waals surface area contributed by atoms with Gasteiger partial charge in [0.15, 0.2) is 0 Å². The molecule has 3 atom stereocenters. The smallest absolute Gasteiger partial charge is 0.222 e. The lowest BCUT2D eigenvalue weighted by atomic mass is 9.79. The fourth-order valence-corrected chi connectivity index (χ4v) is 6.98. The third-order valence-corrected chi connectivity index (χ3v) is 8.76. The predicted molar refractivity (Wildman–Crippen MR) is 134 cm³/mol. The molecule has 0 aliphatic carbocycles. The number of nitrogens with one attached hydrogen (secondary N) is 1. The van der Waals surface area contributed by atoms with E-state index in [9.17, 15) is 4.79 Å². The van der Waals surface area contributed by atoms with Gasteiger partial charge in [0.05, 0.1) is 0 Å². The van der Waals surface area contributed by atoms with Gasteiger partial charge >= 0.3 is 0 Å². The van der Waals surface area contributed by atoms with Gasteiger partial charge in [0, 0.05) is 51.2 Å². The Kier molecular flexibility index (Phi) is 8.01. The predicted octanol–water partition coefficient (Wildman–Crippen LogP) is 3.74. The molecular formula is C28H44N4O. The second-order valence-corrected chi connectivity index (χ2v) is 11.2. The Bertz CT molecular complexity index is 742. The summed E-state index contributed by atoms with van der Waals surface area (Å²) < 4.78 is 0. The first-order valence-corrected chi connectivity index (χ1v) is 13.8. The van der Waals surface area contributed by atoms with E-state index in [0.29, 0.717) is 11.9 Å². The van der Waals surface area contributed by atoms with E-state index in [-0.39, 0.29) is 0 Å². The molecule has 4 fully saturated rings. The highest BCUT2D eigenvalue weighted by Gasteiger charge is 2.36. The summed E-state index contributed by atoms with van der Waals surface area (Å²) in [5.74, 6) is 1.92. The Morgan fingerprint density at radius 1 is 0.970 bits per heavy atom. The second kappa shape index (κ2) is 11.3. The van der Waals surface area contributed by atoms with Crippen LogP contribution in [0.3, 0.4) is 0 Å². The normalized spacial score (nSPS) is 29.8. The van der Waals surface area contributed by atoms with E-state index in [2.05, 4.69) is 50.3 Å². The van der Waals surface area contributed by atoms with Gasteiger partial charge in [-0.1, -0.05) is 36.8 Å². The molecule has 1 aromatic carbocycles. The van der Waals surface area contributed by atoms with Gasteiger partial charge in [0.1, 0.15) is 0 Å². The van der Waals surface area contributed by atoms with Crippen molar-refractivity contribution in [3.63, 3.8) is 0 Å². The molecule has 0 spiro atoms. The summed E-state index contributed by atoms with van der Waals surface area (Å²) in [6.45, 7) is 9.13. The first-order valence-electron chi connectivity index (χ1n) is 13.8. The fourth-order valence-electron chi connectivity index (χ4n) is 6.98. The molecule has 2 bridgehead atoms. The van der Waals surface area contributed by atoms with Gasteiger partial charge in [-0.25, -0.2) is 0 Å². The molecule has 5 nitrogen and oxygen atoms in total. The van der Waals surface area contributed by atoms with Crippen LogP contribution in [0.2, 0.25) is 0 Å². The molecule has 0 radical (unpaired) electrons. The minimum atomic E-state index is 0.398. The van der Waals surface area contributed by atoms with Crippen molar-refractivity contribution >= 4 is 5.91 Å². The molecule has 5 rings (SSSR count). The maximum atomic E-state index is 12.9. The van der Waals surface area contributed by atoms with Crippen molar-refractivity contribution in [2.45, 2.75) is 76.4 Å². The third-order valence-electron chi connectivity index (χ3n) is 8.76. The highest BCUT2D eigenvalue weighted by atomic mass is 16.2. The van der Waals surface area contributed by atoms with Crippen LogP contribution in [0.1, 0.15) is 63.4 Å². The van der Waals surface area contributed by atoms with Gasteiger partial charge < -0.3 is 15.1 Å². The Morgan fingerprint density at radius 3 is 2.55 bits per heavy atom. The molecule has 0 saturated carbocycles. The molecule has 0 aromatic heterocycles. The van der Waals surface area contributed by atoms with Crippen LogP contribution in [0.5, 0.6) is 0 Å². The van der Waals surface area contributed by atoms with Gasteiger partial charge in [-0.05, 0) is 82.0 Å². The number of carbonyl (C=O) groups excluding carboxylic acids is 1. The molecule has 5 heteroatoms. The Labute approximate surface area is 200 Å². The van der Waals surface area contributed by atoms with Crippen LogP contribution >= 0.6 is 0 Å². The van der Waals surface area contributed by atoms with Gasteiger partial charge in [-0.2, -0.15) is 0 Å². The number of carbonyl (C=O) groups is 1. The van der Waals surface area contributed by atoms with Gasteiger partial charge in [0.2, 0.25) is 5.91 Å². The van der Waals surface area contributed by atoms with Crippen molar-refractivity contribution in [2.24, 2.45) is 11.8 Å². The summed E-state index contributed by atoms with van der Waals surface area (Å²) in [6, 6.07) is 12.2. The van der Waals surface area contributed by atoms with E-state index in [1.54, 1.807) is 0 Å². The lowest BCUT2D eigenvalue weighted by Crippen LogP contribution is -2.55. The van der Waals surface area contributed by atoms with E-state index in [1.165, 1.54) is 70.3 Å². The topological polar surface area (TPSA) is 38.8 Å². The van der Waals surface area contributed by atoms with Crippen LogP contribution in [0.15, 0.2) is 30.3 Å². The lowest BCUT2D eigenvalue weighted by Gasteiger charge is -2.46. The molecule has 33 heavy (non-hydrogen) atoms. The number of nitrogens with zero attached hydrogens (tertiary/aromatic N) is 3. The highest BCUT2D eigenvalue weighted by molar-refractivity contribution is 5.76. The van der Waals surface area contributed by atoms with Crippen molar-refractivity contribution in [1.82, 2.24) is 20.0 Å². The van der Waals surface area contributed by atoms with Gasteiger partial charge in [-0.15, -0.1) is 0 Å². The third kappa shape index (κ3) is 6.17. The Hall–Kier alpha value is -1.43. The molecule has 4 aliphatic heterocycles. The maximum absolute atomic E-state index is 12.9. The zero-order valence-corrected chi connectivity index (χ0v) is 20.5. The van der Waals surface area contributed by atoms with E-state index in [0.717, 1.165) is 63.3 Å². The average Bonchev–Trinajstić information content (AvgIpc) is 2.86.